The first kappa shape index (κ1) is 36.9. The second kappa shape index (κ2) is 16.7. The molecular formula is C41H44N2O8S. The van der Waals surface area contributed by atoms with E-state index < -0.39 is 41.1 Å². The molecule has 3 atom stereocenters. The van der Waals surface area contributed by atoms with Crippen molar-refractivity contribution in [2.24, 2.45) is 5.41 Å². The van der Waals surface area contributed by atoms with Gasteiger partial charge in [0.2, 0.25) is 11.7 Å². The lowest BCUT2D eigenvalue weighted by Gasteiger charge is -2.44. The summed E-state index contributed by atoms with van der Waals surface area (Å²) < 4.78 is 29.4. The Kier molecular flexibility index (Phi) is 11.8. The molecule has 11 heteroatoms. The van der Waals surface area contributed by atoms with Crippen LogP contribution in [0.2, 0.25) is 0 Å². The van der Waals surface area contributed by atoms with Crippen LogP contribution in [0, 0.1) is 5.41 Å². The van der Waals surface area contributed by atoms with Crippen LogP contribution < -0.4 is 10.1 Å². The maximum atomic E-state index is 15.1. The van der Waals surface area contributed by atoms with E-state index in [4.69, 9.17) is 23.7 Å². The highest BCUT2D eigenvalue weighted by Crippen LogP contribution is 2.43. The molecule has 6 rings (SSSR count). The van der Waals surface area contributed by atoms with Gasteiger partial charge in [-0.1, -0.05) is 105 Å². The topological polar surface area (TPSA) is 113 Å². The number of cyclic esters (lactones) is 1. The van der Waals surface area contributed by atoms with Crippen molar-refractivity contribution in [1.29, 1.82) is 0 Å². The Morgan fingerprint density at radius 1 is 0.885 bits per heavy atom. The highest BCUT2D eigenvalue weighted by atomic mass is 32.2. The predicted octanol–water partition coefficient (Wildman–Crippen LogP) is 7.53. The van der Waals surface area contributed by atoms with E-state index in [2.05, 4.69) is 19.2 Å². The van der Waals surface area contributed by atoms with Crippen LogP contribution in [0.15, 0.2) is 115 Å². The smallest absolute Gasteiger partial charge is 0.417 e. The van der Waals surface area contributed by atoms with Crippen molar-refractivity contribution < 1.29 is 38.1 Å². The number of imide groups is 1. The number of para-hydroxylation sites is 1. The van der Waals surface area contributed by atoms with E-state index >= 15 is 4.79 Å². The zero-order chi connectivity index (χ0) is 36.6. The van der Waals surface area contributed by atoms with Gasteiger partial charge in [0.05, 0.1) is 31.6 Å². The largest absolute Gasteiger partial charge is 0.482 e. The Balaban J connectivity index is 1.39. The van der Waals surface area contributed by atoms with Gasteiger partial charge in [-0.2, -0.15) is 0 Å². The van der Waals surface area contributed by atoms with Gasteiger partial charge in [0, 0.05) is 16.7 Å². The number of rotatable bonds is 14. The fourth-order valence-electron chi connectivity index (χ4n) is 6.13. The molecule has 272 valence electrons. The molecule has 4 aromatic carbocycles. The summed E-state index contributed by atoms with van der Waals surface area (Å²) in [6.07, 6.45) is -0.699. The standard InChI is InChI=1S/C41H44N2O8S/c1-4-47-35(44)25-48-33-22-20-30(21-23-33)36(42-32-18-12-7-13-19-32)37(38(45)43-34(24-49-39(43)46)29-14-8-5-9-15-29)52-28-41(31-16-10-6-11-17-31)50-26-40(2,3)27-51-41/h5-23,34,36-37,42H,4,24-28H2,1-3H3. The first-order valence-electron chi connectivity index (χ1n) is 17.4. The number of nitrogens with zero attached hydrogens (tertiary/aromatic N) is 1. The van der Waals surface area contributed by atoms with E-state index in [1.54, 1.807) is 19.1 Å². The maximum Gasteiger partial charge on any atom is 0.417 e. The van der Waals surface area contributed by atoms with Crippen molar-refractivity contribution in [3.8, 4) is 5.75 Å². The minimum Gasteiger partial charge on any atom is -0.482 e. The molecular weight excluding hydrogens is 681 g/mol. The Morgan fingerprint density at radius 2 is 1.50 bits per heavy atom. The number of esters is 1. The second-order valence-electron chi connectivity index (χ2n) is 13.5. The van der Waals surface area contributed by atoms with Gasteiger partial charge in [0.1, 0.15) is 23.6 Å². The molecule has 2 aliphatic heterocycles. The first-order chi connectivity index (χ1) is 25.2. The molecule has 2 heterocycles. The van der Waals surface area contributed by atoms with Crippen molar-refractivity contribution >= 4 is 35.4 Å². The Labute approximate surface area is 308 Å². The zero-order valence-corrected chi connectivity index (χ0v) is 30.4. The van der Waals surface area contributed by atoms with E-state index in [-0.39, 0.29) is 31.0 Å². The number of thioether (sulfide) groups is 1. The van der Waals surface area contributed by atoms with Gasteiger partial charge >= 0.3 is 12.1 Å². The van der Waals surface area contributed by atoms with Crippen molar-refractivity contribution in [3.05, 3.63) is 132 Å². The minimum absolute atomic E-state index is 0.0461. The number of anilines is 1. The van der Waals surface area contributed by atoms with Gasteiger partial charge in [-0.3, -0.25) is 4.79 Å². The second-order valence-corrected chi connectivity index (χ2v) is 14.6. The van der Waals surface area contributed by atoms with Crippen LogP contribution in [0.1, 0.15) is 49.5 Å². The molecule has 0 bridgehead atoms. The molecule has 2 saturated heterocycles. The lowest BCUT2D eigenvalue weighted by Crippen LogP contribution is -2.49. The first-order valence-corrected chi connectivity index (χ1v) is 18.4. The molecule has 3 unspecified atom stereocenters. The molecule has 2 amide bonds. The third kappa shape index (κ3) is 8.78. The van der Waals surface area contributed by atoms with Gasteiger partial charge in [0.25, 0.3) is 0 Å². The molecule has 1 N–H and O–H groups in total. The van der Waals surface area contributed by atoms with Crippen molar-refractivity contribution in [3.63, 3.8) is 0 Å². The summed E-state index contributed by atoms with van der Waals surface area (Å²) >= 11 is 1.36. The van der Waals surface area contributed by atoms with E-state index in [1.165, 1.54) is 16.7 Å². The molecule has 0 aliphatic carbocycles. The zero-order valence-electron chi connectivity index (χ0n) is 29.6. The summed E-state index contributed by atoms with van der Waals surface area (Å²) in [5, 5.41) is 2.71. The van der Waals surface area contributed by atoms with Gasteiger partial charge in [-0.15, -0.1) is 11.8 Å². The van der Waals surface area contributed by atoms with Gasteiger partial charge in [0.15, 0.2) is 6.61 Å². The van der Waals surface area contributed by atoms with Crippen LogP contribution >= 0.6 is 11.8 Å². The molecule has 2 aliphatic rings. The van der Waals surface area contributed by atoms with Crippen LogP contribution in [0.3, 0.4) is 0 Å². The lowest BCUT2D eigenvalue weighted by atomic mass is 9.93. The number of benzene rings is 4. The number of amides is 2. The number of ether oxygens (including phenoxy) is 5. The average molecular weight is 725 g/mol. The summed E-state index contributed by atoms with van der Waals surface area (Å²) in [4.78, 5) is 41.7. The molecule has 0 saturated carbocycles. The maximum absolute atomic E-state index is 15.1. The van der Waals surface area contributed by atoms with Crippen LogP contribution in [0.5, 0.6) is 5.75 Å². The van der Waals surface area contributed by atoms with Crippen LogP contribution in [0.25, 0.3) is 0 Å². The molecule has 4 aromatic rings. The van der Waals surface area contributed by atoms with E-state index in [0.29, 0.717) is 19.0 Å². The number of carbonyl (C=O) groups excluding carboxylic acids is 3. The fourth-order valence-corrected chi connectivity index (χ4v) is 7.54. The minimum atomic E-state index is -1.15. The third-order valence-corrected chi connectivity index (χ3v) is 10.3. The van der Waals surface area contributed by atoms with Crippen molar-refractivity contribution in [2.45, 2.75) is 43.9 Å². The van der Waals surface area contributed by atoms with Crippen LogP contribution in [0.4, 0.5) is 10.5 Å². The SMILES string of the molecule is CCOC(=O)COc1ccc(C(Nc2ccccc2)C(SCC2(c3ccccc3)OCC(C)(C)CO2)C(=O)N2C(=O)OCC2c2ccccc2)cc1. The highest BCUT2D eigenvalue weighted by molar-refractivity contribution is 8.00. The number of nitrogens with one attached hydrogen (secondary N) is 1. The quantitative estimate of drug-likeness (QED) is 0.131. The molecule has 52 heavy (non-hydrogen) atoms. The molecule has 2 fully saturated rings. The summed E-state index contributed by atoms with van der Waals surface area (Å²) in [6, 6.07) is 34.7. The van der Waals surface area contributed by atoms with Crippen LogP contribution in [-0.2, 0) is 34.3 Å². The Hall–Kier alpha value is -4.84. The summed E-state index contributed by atoms with van der Waals surface area (Å²) in [6.45, 7) is 6.89. The molecule has 10 nitrogen and oxygen atoms in total. The normalized spacial score (nSPS) is 18.9. The molecule has 0 spiro atoms. The van der Waals surface area contributed by atoms with E-state index in [0.717, 1.165) is 22.4 Å². The highest BCUT2D eigenvalue weighted by Gasteiger charge is 2.48. The van der Waals surface area contributed by atoms with Crippen LogP contribution in [-0.4, -0.2) is 66.9 Å². The Bertz CT molecular complexity index is 1780. The van der Waals surface area contributed by atoms with E-state index in [1.807, 2.05) is 103 Å². The summed E-state index contributed by atoms with van der Waals surface area (Å²) in [7, 11) is 0. The average Bonchev–Trinajstić information content (AvgIpc) is 3.56. The number of carbonyl (C=O) groups is 3. The Morgan fingerprint density at radius 3 is 2.13 bits per heavy atom. The van der Waals surface area contributed by atoms with Crippen molar-refractivity contribution in [2.75, 3.05) is 44.1 Å². The number of hydrogen-bond donors (Lipinski definition) is 1. The predicted molar refractivity (Wildman–Crippen MR) is 199 cm³/mol. The molecule has 0 radical (unpaired) electrons. The van der Waals surface area contributed by atoms with Gasteiger partial charge < -0.3 is 29.0 Å². The third-order valence-electron chi connectivity index (χ3n) is 8.90. The molecule has 0 aromatic heterocycles. The number of hydrogen-bond acceptors (Lipinski definition) is 10. The summed E-state index contributed by atoms with van der Waals surface area (Å²) in [5.74, 6) is -1.32. The van der Waals surface area contributed by atoms with Gasteiger partial charge in [-0.25, -0.2) is 14.5 Å². The van der Waals surface area contributed by atoms with E-state index in [9.17, 15) is 9.59 Å². The van der Waals surface area contributed by atoms with Crippen molar-refractivity contribution in [1.82, 2.24) is 4.90 Å². The van der Waals surface area contributed by atoms with Gasteiger partial charge in [-0.05, 0) is 42.3 Å². The summed E-state index contributed by atoms with van der Waals surface area (Å²) in [5.41, 5.74) is 2.96. The monoisotopic (exact) mass is 724 g/mol. The fraction of sp³-hybridized carbons (Fsp3) is 0.341. The lowest BCUT2D eigenvalue weighted by molar-refractivity contribution is -0.295.